The molecule has 0 radical (unpaired) electrons. The fourth-order valence-electron chi connectivity index (χ4n) is 1.44. The van der Waals surface area contributed by atoms with E-state index < -0.39 is 6.10 Å². The quantitative estimate of drug-likeness (QED) is 0.541. The molecule has 4 atom stereocenters. The van der Waals surface area contributed by atoms with Crippen LogP contribution in [-0.4, -0.2) is 43.7 Å². The Hall–Kier alpha value is -0.420. The highest BCUT2D eigenvalue weighted by atomic mass is 16.5. The van der Waals surface area contributed by atoms with E-state index in [1.165, 1.54) is 7.11 Å². The minimum Gasteiger partial charge on any atom is -0.386 e. The molecule has 0 fully saturated rings. The Kier molecular flexibility index (Phi) is 3.22. The molecule has 0 aromatic heterocycles. The lowest BCUT2D eigenvalue weighted by molar-refractivity contribution is -0.0902. The molecule has 70 valence electrons. The van der Waals surface area contributed by atoms with Crippen LogP contribution >= 0.6 is 0 Å². The summed E-state index contributed by atoms with van der Waals surface area (Å²) >= 11 is 0. The molecule has 0 amide bonds. The van der Waals surface area contributed by atoms with Crippen LogP contribution in [0.2, 0.25) is 0 Å². The van der Waals surface area contributed by atoms with Crippen LogP contribution in [0.3, 0.4) is 0 Å². The molecule has 0 saturated heterocycles. The van der Waals surface area contributed by atoms with E-state index in [0.717, 1.165) is 0 Å². The van der Waals surface area contributed by atoms with E-state index in [9.17, 15) is 5.11 Å². The number of ether oxygens (including phenoxy) is 2. The number of rotatable bonds is 2. The van der Waals surface area contributed by atoms with Crippen molar-refractivity contribution in [1.29, 1.82) is 0 Å². The van der Waals surface area contributed by atoms with Crippen LogP contribution in [0.1, 0.15) is 0 Å². The molecular formula is C8H15NO3. The van der Waals surface area contributed by atoms with Crippen molar-refractivity contribution in [3.05, 3.63) is 12.2 Å². The summed E-state index contributed by atoms with van der Waals surface area (Å²) in [4.78, 5) is 0. The normalized spacial score (nSPS) is 41.7. The number of hydrogen-bond acceptors (Lipinski definition) is 4. The van der Waals surface area contributed by atoms with Crippen molar-refractivity contribution in [1.82, 2.24) is 0 Å². The van der Waals surface area contributed by atoms with Crippen molar-refractivity contribution < 1.29 is 14.6 Å². The van der Waals surface area contributed by atoms with Gasteiger partial charge in [0, 0.05) is 14.2 Å². The Morgan fingerprint density at radius 3 is 2.17 bits per heavy atom. The van der Waals surface area contributed by atoms with Crippen molar-refractivity contribution >= 4 is 0 Å². The van der Waals surface area contributed by atoms with Gasteiger partial charge in [0.15, 0.2) is 0 Å². The first kappa shape index (κ1) is 9.67. The van der Waals surface area contributed by atoms with Crippen molar-refractivity contribution in [2.24, 2.45) is 5.73 Å². The summed E-state index contributed by atoms with van der Waals surface area (Å²) in [7, 11) is 3.09. The molecule has 4 unspecified atom stereocenters. The van der Waals surface area contributed by atoms with Gasteiger partial charge in [0.05, 0.1) is 6.04 Å². The molecule has 0 saturated carbocycles. The zero-order chi connectivity index (χ0) is 9.14. The standard InChI is InChI=1S/C8H15NO3/c1-11-7-5(9)3-4-6(10)8(7)12-2/h3-8,10H,9H2,1-2H3. The molecule has 0 aromatic rings. The van der Waals surface area contributed by atoms with E-state index >= 15 is 0 Å². The molecule has 0 aromatic carbocycles. The monoisotopic (exact) mass is 173 g/mol. The second-order valence-corrected chi connectivity index (χ2v) is 2.85. The first-order valence-corrected chi connectivity index (χ1v) is 3.88. The summed E-state index contributed by atoms with van der Waals surface area (Å²) in [6.07, 6.45) is 2.10. The van der Waals surface area contributed by atoms with E-state index in [1.54, 1.807) is 19.3 Å². The van der Waals surface area contributed by atoms with Crippen LogP contribution in [0.4, 0.5) is 0 Å². The third-order valence-electron chi connectivity index (χ3n) is 2.11. The van der Waals surface area contributed by atoms with Crippen molar-refractivity contribution in [3.63, 3.8) is 0 Å². The molecule has 3 N–H and O–H groups in total. The van der Waals surface area contributed by atoms with Crippen LogP contribution in [-0.2, 0) is 9.47 Å². The molecule has 4 heteroatoms. The fraction of sp³-hybridized carbons (Fsp3) is 0.750. The lowest BCUT2D eigenvalue weighted by atomic mass is 9.94. The third kappa shape index (κ3) is 1.67. The molecule has 12 heavy (non-hydrogen) atoms. The Labute approximate surface area is 72.0 Å². The zero-order valence-corrected chi connectivity index (χ0v) is 7.31. The maximum Gasteiger partial charge on any atom is 0.114 e. The van der Waals surface area contributed by atoms with Gasteiger partial charge in [0.2, 0.25) is 0 Å². The van der Waals surface area contributed by atoms with E-state index in [0.29, 0.717) is 0 Å². The Morgan fingerprint density at radius 2 is 1.75 bits per heavy atom. The van der Waals surface area contributed by atoms with Gasteiger partial charge in [-0.25, -0.2) is 0 Å². The van der Waals surface area contributed by atoms with Crippen LogP contribution in [0, 0.1) is 0 Å². The highest BCUT2D eigenvalue weighted by molar-refractivity contribution is 5.10. The third-order valence-corrected chi connectivity index (χ3v) is 2.11. The van der Waals surface area contributed by atoms with Gasteiger partial charge in [0.1, 0.15) is 18.3 Å². The fourth-order valence-corrected chi connectivity index (χ4v) is 1.44. The number of aliphatic hydroxyl groups is 1. The number of hydrogen-bond donors (Lipinski definition) is 2. The van der Waals surface area contributed by atoms with E-state index in [4.69, 9.17) is 15.2 Å². The average molecular weight is 173 g/mol. The van der Waals surface area contributed by atoms with Gasteiger partial charge in [-0.05, 0) is 0 Å². The molecule has 4 nitrogen and oxygen atoms in total. The summed E-state index contributed by atoms with van der Waals surface area (Å²) in [6, 6.07) is -0.205. The van der Waals surface area contributed by atoms with Crippen molar-refractivity contribution in [3.8, 4) is 0 Å². The summed E-state index contributed by atoms with van der Waals surface area (Å²) in [5.41, 5.74) is 5.71. The van der Waals surface area contributed by atoms with Gasteiger partial charge in [0.25, 0.3) is 0 Å². The molecule has 1 aliphatic carbocycles. The Morgan fingerprint density at radius 1 is 1.17 bits per heavy atom. The first-order chi connectivity index (χ1) is 5.70. The van der Waals surface area contributed by atoms with E-state index in [1.807, 2.05) is 0 Å². The Bertz CT molecular complexity index is 154. The largest absolute Gasteiger partial charge is 0.386 e. The molecule has 0 aliphatic heterocycles. The van der Waals surface area contributed by atoms with Gasteiger partial charge >= 0.3 is 0 Å². The lowest BCUT2D eigenvalue weighted by Gasteiger charge is -2.33. The smallest absolute Gasteiger partial charge is 0.114 e. The minimum atomic E-state index is -0.625. The summed E-state index contributed by atoms with van der Waals surface area (Å²) in [5.74, 6) is 0. The highest BCUT2D eigenvalue weighted by Crippen LogP contribution is 2.17. The molecule has 1 aliphatic rings. The maximum atomic E-state index is 9.44. The first-order valence-electron chi connectivity index (χ1n) is 3.88. The molecule has 1 rings (SSSR count). The van der Waals surface area contributed by atoms with Gasteiger partial charge in [-0.3, -0.25) is 0 Å². The van der Waals surface area contributed by atoms with Crippen molar-refractivity contribution in [2.75, 3.05) is 14.2 Å². The Balaban J connectivity index is 2.73. The number of aliphatic hydroxyl groups excluding tert-OH is 1. The number of methoxy groups -OCH3 is 2. The van der Waals surface area contributed by atoms with Gasteiger partial charge in [-0.15, -0.1) is 0 Å². The SMILES string of the molecule is COC1C(N)C=CC(O)C1OC. The lowest BCUT2D eigenvalue weighted by Crippen LogP contribution is -2.51. The summed E-state index contributed by atoms with van der Waals surface area (Å²) in [6.45, 7) is 0. The zero-order valence-electron chi connectivity index (χ0n) is 7.31. The molecule has 0 spiro atoms. The maximum absolute atomic E-state index is 9.44. The van der Waals surface area contributed by atoms with Crippen LogP contribution < -0.4 is 5.73 Å². The second kappa shape index (κ2) is 4.00. The van der Waals surface area contributed by atoms with Gasteiger partial charge in [-0.2, -0.15) is 0 Å². The molecule has 0 bridgehead atoms. The predicted octanol–water partition coefficient (Wildman–Crippen LogP) is -0.726. The average Bonchev–Trinajstić information content (AvgIpc) is 2.08. The van der Waals surface area contributed by atoms with Crippen LogP contribution in [0.25, 0.3) is 0 Å². The van der Waals surface area contributed by atoms with Crippen LogP contribution in [0.15, 0.2) is 12.2 Å². The van der Waals surface area contributed by atoms with Crippen molar-refractivity contribution in [2.45, 2.75) is 24.4 Å². The van der Waals surface area contributed by atoms with Crippen LogP contribution in [0.5, 0.6) is 0 Å². The van der Waals surface area contributed by atoms with Gasteiger partial charge in [-0.1, -0.05) is 12.2 Å². The van der Waals surface area contributed by atoms with E-state index in [-0.39, 0.29) is 18.2 Å². The second-order valence-electron chi connectivity index (χ2n) is 2.85. The summed E-state index contributed by atoms with van der Waals surface area (Å²) in [5, 5.41) is 9.44. The topological polar surface area (TPSA) is 64.7 Å². The molecular weight excluding hydrogens is 158 g/mol. The van der Waals surface area contributed by atoms with E-state index in [2.05, 4.69) is 0 Å². The summed E-state index contributed by atoms with van der Waals surface area (Å²) < 4.78 is 10.2. The highest BCUT2D eigenvalue weighted by Gasteiger charge is 2.33. The minimum absolute atomic E-state index is 0.205. The predicted molar refractivity (Wildman–Crippen MR) is 44.7 cm³/mol. The number of nitrogens with two attached hydrogens (primary N) is 1. The van der Waals surface area contributed by atoms with Gasteiger partial charge < -0.3 is 20.3 Å². The molecule has 0 heterocycles.